The lowest BCUT2D eigenvalue weighted by molar-refractivity contribution is 0.555. The maximum atomic E-state index is 12.4. The van der Waals surface area contributed by atoms with Gasteiger partial charge in [0.05, 0.1) is 0 Å². The summed E-state index contributed by atoms with van der Waals surface area (Å²) in [5, 5.41) is 0.631. The second-order valence-corrected chi connectivity index (χ2v) is 7.51. The molecule has 19 heavy (non-hydrogen) atoms. The Balaban J connectivity index is 2.01. The zero-order valence-corrected chi connectivity index (χ0v) is 11.7. The van der Waals surface area contributed by atoms with Gasteiger partial charge in [0, 0.05) is 28.8 Å². The number of rotatable bonds is 3. The summed E-state index contributed by atoms with van der Waals surface area (Å²) < 4.78 is 27.5. The first-order chi connectivity index (χ1) is 8.79. The number of fused-ring (bicyclic) bond motifs is 1. The van der Waals surface area contributed by atoms with Crippen LogP contribution >= 0.6 is 0 Å². The highest BCUT2D eigenvalue weighted by molar-refractivity contribution is 7.89. The Morgan fingerprint density at radius 2 is 2.11 bits per heavy atom. The molecule has 5 nitrogen and oxygen atoms in total. The zero-order chi connectivity index (χ0) is 13.8. The molecule has 1 saturated carbocycles. The zero-order valence-electron chi connectivity index (χ0n) is 10.9. The number of hydrogen-bond acceptors (Lipinski definition) is 3. The van der Waals surface area contributed by atoms with Gasteiger partial charge in [-0.2, -0.15) is 0 Å². The molecule has 0 amide bonds. The molecule has 0 aliphatic heterocycles. The molecule has 0 spiro atoms. The van der Waals surface area contributed by atoms with Crippen LogP contribution in [-0.2, 0) is 10.0 Å². The SMILES string of the molecule is CC1(C)CC1NS(=O)(=O)c1c[nH]c2ccc(N)cc12. The van der Waals surface area contributed by atoms with E-state index in [1.54, 1.807) is 18.2 Å². The van der Waals surface area contributed by atoms with Crippen LogP contribution in [0.5, 0.6) is 0 Å². The summed E-state index contributed by atoms with van der Waals surface area (Å²) in [5.41, 5.74) is 7.10. The highest BCUT2D eigenvalue weighted by Gasteiger charge is 2.48. The van der Waals surface area contributed by atoms with Crippen LogP contribution in [0.25, 0.3) is 10.9 Å². The molecule has 6 heteroatoms. The van der Waals surface area contributed by atoms with Crippen molar-refractivity contribution in [3.05, 3.63) is 24.4 Å². The predicted molar refractivity (Wildman–Crippen MR) is 75.2 cm³/mol. The van der Waals surface area contributed by atoms with Crippen LogP contribution in [0.2, 0.25) is 0 Å². The summed E-state index contributed by atoms with van der Waals surface area (Å²) in [6.07, 6.45) is 2.39. The van der Waals surface area contributed by atoms with Crippen molar-refractivity contribution in [1.82, 2.24) is 9.71 Å². The molecule has 0 bridgehead atoms. The predicted octanol–water partition coefficient (Wildman–Crippen LogP) is 1.83. The normalized spacial score (nSPS) is 21.7. The van der Waals surface area contributed by atoms with E-state index >= 15 is 0 Å². The van der Waals surface area contributed by atoms with E-state index in [2.05, 4.69) is 9.71 Å². The monoisotopic (exact) mass is 279 g/mol. The van der Waals surface area contributed by atoms with Gasteiger partial charge in [0.15, 0.2) is 0 Å². The van der Waals surface area contributed by atoms with Crippen LogP contribution in [0.15, 0.2) is 29.3 Å². The molecule has 2 aromatic rings. The van der Waals surface area contributed by atoms with E-state index in [9.17, 15) is 8.42 Å². The summed E-state index contributed by atoms with van der Waals surface area (Å²) in [6.45, 7) is 4.10. The van der Waals surface area contributed by atoms with E-state index in [1.807, 2.05) is 13.8 Å². The number of H-pyrrole nitrogens is 1. The van der Waals surface area contributed by atoms with Crippen LogP contribution in [-0.4, -0.2) is 19.4 Å². The van der Waals surface area contributed by atoms with Crippen molar-refractivity contribution >= 4 is 26.6 Å². The Morgan fingerprint density at radius 3 is 2.74 bits per heavy atom. The van der Waals surface area contributed by atoms with Gasteiger partial charge in [0.2, 0.25) is 10.0 Å². The molecule has 1 aromatic carbocycles. The number of nitrogens with one attached hydrogen (secondary N) is 2. The molecular formula is C13H17N3O2S. The third kappa shape index (κ3) is 2.11. The second kappa shape index (κ2) is 3.74. The minimum atomic E-state index is -3.50. The molecule has 1 aliphatic carbocycles. The fraction of sp³-hybridized carbons (Fsp3) is 0.385. The van der Waals surface area contributed by atoms with E-state index in [4.69, 9.17) is 5.73 Å². The van der Waals surface area contributed by atoms with Crippen LogP contribution < -0.4 is 10.5 Å². The molecule has 1 unspecified atom stereocenters. The number of benzene rings is 1. The van der Waals surface area contributed by atoms with Gasteiger partial charge in [-0.1, -0.05) is 13.8 Å². The molecule has 102 valence electrons. The number of aromatic amines is 1. The number of nitrogens with two attached hydrogens (primary N) is 1. The fourth-order valence-electron chi connectivity index (χ4n) is 2.25. The van der Waals surface area contributed by atoms with Crippen molar-refractivity contribution < 1.29 is 8.42 Å². The van der Waals surface area contributed by atoms with Gasteiger partial charge < -0.3 is 10.7 Å². The Bertz CT molecular complexity index is 746. The third-order valence-corrected chi connectivity index (χ3v) is 5.28. The van der Waals surface area contributed by atoms with Gasteiger partial charge in [0.1, 0.15) is 4.90 Å². The first-order valence-corrected chi connectivity index (χ1v) is 7.67. The quantitative estimate of drug-likeness (QED) is 0.749. The van der Waals surface area contributed by atoms with E-state index in [-0.39, 0.29) is 16.4 Å². The van der Waals surface area contributed by atoms with E-state index in [0.717, 1.165) is 11.9 Å². The van der Waals surface area contributed by atoms with Gasteiger partial charge in [-0.25, -0.2) is 13.1 Å². The van der Waals surface area contributed by atoms with Crippen LogP contribution in [0.1, 0.15) is 20.3 Å². The largest absolute Gasteiger partial charge is 0.399 e. The highest BCUT2D eigenvalue weighted by Crippen LogP contribution is 2.45. The van der Waals surface area contributed by atoms with Crippen molar-refractivity contribution in [2.24, 2.45) is 5.41 Å². The minimum Gasteiger partial charge on any atom is -0.399 e. The smallest absolute Gasteiger partial charge is 0.242 e. The van der Waals surface area contributed by atoms with E-state index in [0.29, 0.717) is 11.1 Å². The van der Waals surface area contributed by atoms with Crippen molar-refractivity contribution in [3.8, 4) is 0 Å². The lowest BCUT2D eigenvalue weighted by Gasteiger charge is -2.07. The summed E-state index contributed by atoms with van der Waals surface area (Å²) in [7, 11) is -3.50. The number of nitrogen functional groups attached to an aromatic ring is 1. The first-order valence-electron chi connectivity index (χ1n) is 6.18. The molecular weight excluding hydrogens is 262 g/mol. The van der Waals surface area contributed by atoms with Crippen molar-refractivity contribution in [2.45, 2.75) is 31.2 Å². The summed E-state index contributed by atoms with van der Waals surface area (Å²) in [4.78, 5) is 3.22. The molecule has 1 atom stereocenters. The second-order valence-electron chi connectivity index (χ2n) is 5.82. The van der Waals surface area contributed by atoms with Crippen molar-refractivity contribution in [1.29, 1.82) is 0 Å². The average molecular weight is 279 g/mol. The number of sulfonamides is 1. The lowest BCUT2D eigenvalue weighted by Crippen LogP contribution is -2.28. The molecule has 1 heterocycles. The standard InChI is InChI=1S/C13H17N3O2S/c1-13(2)6-12(13)16-19(17,18)11-7-15-10-4-3-8(14)5-9(10)11/h3-5,7,12,15-16H,6,14H2,1-2H3. The van der Waals surface area contributed by atoms with Gasteiger partial charge >= 0.3 is 0 Å². The Kier molecular flexibility index (Phi) is 2.46. The highest BCUT2D eigenvalue weighted by atomic mass is 32.2. The summed E-state index contributed by atoms with van der Waals surface area (Å²) in [5.74, 6) is 0. The van der Waals surface area contributed by atoms with E-state index in [1.165, 1.54) is 6.20 Å². The maximum absolute atomic E-state index is 12.4. The first kappa shape index (κ1) is 12.5. The van der Waals surface area contributed by atoms with Gasteiger partial charge in [-0.3, -0.25) is 0 Å². The minimum absolute atomic E-state index is 0.0171. The van der Waals surface area contributed by atoms with Crippen LogP contribution in [0.4, 0.5) is 5.69 Å². The number of hydrogen-bond donors (Lipinski definition) is 3. The maximum Gasteiger partial charge on any atom is 0.242 e. The van der Waals surface area contributed by atoms with Crippen LogP contribution in [0, 0.1) is 5.41 Å². The molecule has 0 radical (unpaired) electrons. The van der Waals surface area contributed by atoms with Crippen LogP contribution in [0.3, 0.4) is 0 Å². The topological polar surface area (TPSA) is 88.0 Å². The van der Waals surface area contributed by atoms with Gasteiger partial charge in [-0.05, 0) is 30.0 Å². The number of aromatic nitrogens is 1. The lowest BCUT2D eigenvalue weighted by atomic mass is 10.2. The molecule has 0 saturated heterocycles. The molecule has 4 N–H and O–H groups in total. The van der Waals surface area contributed by atoms with Gasteiger partial charge in [0.25, 0.3) is 0 Å². The third-order valence-electron chi connectivity index (χ3n) is 3.77. The Labute approximate surface area is 112 Å². The van der Waals surface area contributed by atoms with Gasteiger partial charge in [-0.15, -0.1) is 0 Å². The average Bonchev–Trinajstić information content (AvgIpc) is 2.74. The molecule has 3 rings (SSSR count). The summed E-state index contributed by atoms with van der Waals surface area (Å²) >= 11 is 0. The van der Waals surface area contributed by atoms with Crippen molar-refractivity contribution in [3.63, 3.8) is 0 Å². The van der Waals surface area contributed by atoms with E-state index < -0.39 is 10.0 Å². The molecule has 1 aromatic heterocycles. The van der Waals surface area contributed by atoms with Crippen molar-refractivity contribution in [2.75, 3.05) is 5.73 Å². The summed E-state index contributed by atoms with van der Waals surface area (Å²) in [6, 6.07) is 5.22. The Hall–Kier alpha value is -1.53. The molecule has 1 fully saturated rings. The molecule has 1 aliphatic rings. The fourth-order valence-corrected chi connectivity index (χ4v) is 3.83. The Morgan fingerprint density at radius 1 is 1.42 bits per heavy atom. The number of anilines is 1.